The summed E-state index contributed by atoms with van der Waals surface area (Å²) < 4.78 is 11.9. The SMILES string of the molecule is CC[C@H]1[C@@H]2C[C@H]3[C@@H]4N(C)c5ccccc5[C@]45CC([C@H]2[C@H]5O)[N@@+]3(CC(=O)O[C@H]2CC[C@]3(C=O)[C@H]4CC[C@]5(C)[C@@H](C6=CC(=O)OC6)CC[C@]5(O)[C@@H]4CC[C@]3(O)C2)[C@@H]1O.[Cl-]. The van der Waals surface area contributed by atoms with Gasteiger partial charge in [0, 0.05) is 55.3 Å². The Bertz CT molecular complexity index is 1950. The molecule has 1 aromatic rings. The number of piperidine rings is 4. The number of hydrogen-bond donors (Lipinski definition) is 4. The summed E-state index contributed by atoms with van der Waals surface area (Å²) in [5.74, 6) is -0.852. The number of hydrogen-bond acceptors (Lipinski definition) is 10. The number of anilines is 1. The Morgan fingerprint density at radius 3 is 2.54 bits per heavy atom. The smallest absolute Gasteiger partial charge is 0.362 e. The molecule has 12 rings (SSSR count). The average Bonchev–Trinajstić information content (AvgIpc) is 3.86. The van der Waals surface area contributed by atoms with E-state index in [0.29, 0.717) is 44.9 Å². The summed E-state index contributed by atoms with van der Waals surface area (Å²) in [5.41, 5.74) is -1.04. The fourth-order valence-corrected chi connectivity index (χ4v) is 17.6. The summed E-state index contributed by atoms with van der Waals surface area (Å²) in [6, 6.07) is 8.28. The molecule has 57 heavy (non-hydrogen) atoms. The van der Waals surface area contributed by atoms with Crippen molar-refractivity contribution in [1.29, 1.82) is 0 Å². The molecule has 5 saturated carbocycles. The molecule has 9 fully saturated rings. The van der Waals surface area contributed by atoms with Gasteiger partial charge in [0.2, 0.25) is 0 Å². The zero-order valence-corrected chi connectivity index (χ0v) is 34.2. The molecule has 18 atom stereocenters. The van der Waals surface area contributed by atoms with E-state index < -0.39 is 45.9 Å². The summed E-state index contributed by atoms with van der Waals surface area (Å²) in [4.78, 5) is 42.3. The van der Waals surface area contributed by atoms with Gasteiger partial charge in [-0.2, -0.15) is 0 Å². The second kappa shape index (κ2) is 12.3. The van der Waals surface area contributed by atoms with Gasteiger partial charge < -0.3 is 52.0 Å². The van der Waals surface area contributed by atoms with Crippen LogP contribution in [0.15, 0.2) is 35.9 Å². The van der Waals surface area contributed by atoms with Crippen LogP contribution in [0.3, 0.4) is 0 Å². The van der Waals surface area contributed by atoms with Crippen molar-refractivity contribution >= 4 is 23.9 Å². The number of cyclic esters (lactones) is 1. The largest absolute Gasteiger partial charge is 1.00 e. The van der Waals surface area contributed by atoms with Gasteiger partial charge in [-0.25, -0.2) is 9.59 Å². The van der Waals surface area contributed by atoms with Gasteiger partial charge in [0.05, 0.1) is 40.2 Å². The highest BCUT2D eigenvalue weighted by molar-refractivity contribution is 5.85. The molecule has 11 nitrogen and oxygen atoms in total. The summed E-state index contributed by atoms with van der Waals surface area (Å²) >= 11 is 0. The van der Waals surface area contributed by atoms with Crippen molar-refractivity contribution in [1.82, 2.24) is 0 Å². The monoisotopic (exact) mass is 806 g/mol. The molecule has 1 unspecified atom stereocenters. The number of fused-ring (bicyclic) bond motifs is 7. The van der Waals surface area contributed by atoms with Crippen LogP contribution in [0.4, 0.5) is 5.69 Å². The number of carbonyl (C=O) groups is 3. The van der Waals surface area contributed by atoms with Crippen molar-refractivity contribution < 1.29 is 61.2 Å². The number of aldehydes is 1. The van der Waals surface area contributed by atoms with Crippen molar-refractivity contribution in [3.63, 3.8) is 0 Å². The topological polar surface area (TPSA) is 154 Å². The Kier molecular flexibility index (Phi) is 8.33. The summed E-state index contributed by atoms with van der Waals surface area (Å²) in [6.45, 7) is 4.56. The van der Waals surface area contributed by atoms with Crippen molar-refractivity contribution in [2.45, 2.75) is 144 Å². The molecule has 1 aromatic carbocycles. The van der Waals surface area contributed by atoms with Gasteiger partial charge in [0.1, 0.15) is 25.0 Å². The van der Waals surface area contributed by atoms with Crippen molar-refractivity contribution in [3.8, 4) is 0 Å². The van der Waals surface area contributed by atoms with Crippen LogP contribution < -0.4 is 17.3 Å². The van der Waals surface area contributed by atoms with Crippen LogP contribution in [0.5, 0.6) is 0 Å². The lowest BCUT2D eigenvalue weighted by Crippen LogP contribution is -3.00. The van der Waals surface area contributed by atoms with Crippen LogP contribution in [-0.4, -0.2) is 111 Å². The van der Waals surface area contributed by atoms with Crippen molar-refractivity contribution in [2.24, 2.45) is 46.3 Å². The van der Waals surface area contributed by atoms with Crippen LogP contribution in [0.25, 0.3) is 0 Å². The maximum Gasteiger partial charge on any atom is 0.362 e. The first-order chi connectivity index (χ1) is 26.7. The van der Waals surface area contributed by atoms with E-state index in [1.54, 1.807) is 6.08 Å². The van der Waals surface area contributed by atoms with Gasteiger partial charge in [-0.15, -0.1) is 0 Å². The number of ether oxygens (including phenoxy) is 2. The minimum Gasteiger partial charge on any atom is -1.00 e. The predicted molar refractivity (Wildman–Crippen MR) is 202 cm³/mol. The molecule has 0 aromatic heterocycles. The number of nitrogens with zero attached hydrogens (tertiary/aromatic N) is 2. The molecule has 5 bridgehead atoms. The van der Waals surface area contributed by atoms with E-state index in [0.717, 1.165) is 43.2 Å². The summed E-state index contributed by atoms with van der Waals surface area (Å²) in [7, 11) is 2.11. The maximum atomic E-state index is 14.5. The van der Waals surface area contributed by atoms with Gasteiger partial charge in [-0.1, -0.05) is 32.0 Å². The number of halogens is 1. The number of quaternary nitrogens is 1. The standard InChI is InChI=1S/C45H59N2O9.ClH/c1-4-26-27-18-33-38-44(31-7-5-6-8-32(31)46(38)3)20-34(37(27)39(44)51)47(33,40(26)52)21-36(50)56-25-9-14-42(23-48)29-10-13-41(2)28(24-17-35(49)55-22-24)12-16-45(41,54)30(29)11-15-43(42,53)19-25;/h5-8,17,23,25-30,33-34,37-40,51-54H,4,9-16,18-22H2,1-3H3;1H/q+1;/p-1/t25-,26-,27-,28+,29-,30+,33-,34?,37-,38-,39+,40+,41+,42-,43-,44+,45-,47-;/m0./s1. The van der Waals surface area contributed by atoms with E-state index >= 15 is 0 Å². The lowest BCUT2D eigenvalue weighted by atomic mass is 9.41. The van der Waals surface area contributed by atoms with Gasteiger partial charge in [0.15, 0.2) is 12.8 Å². The predicted octanol–water partition coefficient (Wildman–Crippen LogP) is 0.536. The molecule has 12 heteroatoms. The zero-order chi connectivity index (χ0) is 38.9. The minimum absolute atomic E-state index is 0. The molecule has 0 radical (unpaired) electrons. The van der Waals surface area contributed by atoms with Crippen LogP contribution in [0.1, 0.15) is 96.5 Å². The molecule has 6 heterocycles. The Hall–Kier alpha value is -2.54. The Morgan fingerprint density at radius 1 is 1.04 bits per heavy atom. The number of aliphatic hydroxyl groups is 4. The zero-order valence-electron chi connectivity index (χ0n) is 33.4. The Labute approximate surface area is 341 Å². The molecule has 5 aliphatic carbocycles. The van der Waals surface area contributed by atoms with Gasteiger partial charge in [-0.05, 0) is 98.7 Å². The lowest BCUT2D eigenvalue weighted by Gasteiger charge is -2.67. The Morgan fingerprint density at radius 2 is 1.81 bits per heavy atom. The van der Waals surface area contributed by atoms with E-state index in [4.69, 9.17) is 9.47 Å². The van der Waals surface area contributed by atoms with Crippen LogP contribution >= 0.6 is 0 Å². The second-order valence-corrected chi connectivity index (χ2v) is 20.6. The molecular weight excluding hydrogens is 748 g/mol. The summed E-state index contributed by atoms with van der Waals surface area (Å²) in [5, 5.41) is 50.1. The quantitative estimate of drug-likeness (QED) is 0.182. The number of carbonyl (C=O) groups excluding carboxylic acids is 3. The second-order valence-electron chi connectivity index (χ2n) is 20.6. The molecule has 0 amide bonds. The van der Waals surface area contributed by atoms with Crippen molar-refractivity contribution in [3.05, 3.63) is 41.5 Å². The van der Waals surface area contributed by atoms with E-state index in [1.807, 2.05) is 6.07 Å². The normalized spacial score (nSPS) is 53.1. The van der Waals surface area contributed by atoms with Crippen molar-refractivity contribution in [2.75, 3.05) is 25.1 Å². The molecular formula is C45H59ClN2O9. The number of benzene rings is 1. The van der Waals surface area contributed by atoms with Crippen LogP contribution in [-0.2, 0) is 29.3 Å². The molecule has 4 saturated heterocycles. The van der Waals surface area contributed by atoms with E-state index in [9.17, 15) is 34.8 Å². The van der Waals surface area contributed by atoms with Gasteiger partial charge >= 0.3 is 11.9 Å². The fourth-order valence-electron chi connectivity index (χ4n) is 17.6. The number of para-hydroxylation sites is 1. The third kappa shape index (κ3) is 4.30. The number of aliphatic hydroxyl groups excluding tert-OH is 2. The fraction of sp³-hybridized carbons (Fsp3) is 0.756. The van der Waals surface area contributed by atoms with E-state index in [2.05, 4.69) is 44.0 Å². The highest BCUT2D eigenvalue weighted by Crippen LogP contribution is 2.73. The van der Waals surface area contributed by atoms with Crippen LogP contribution in [0.2, 0.25) is 0 Å². The highest BCUT2D eigenvalue weighted by atomic mass is 35.5. The number of rotatable bonds is 6. The molecule has 1 spiro atoms. The summed E-state index contributed by atoms with van der Waals surface area (Å²) in [6.07, 6.45) is 7.72. The maximum absolute atomic E-state index is 14.5. The first-order valence-electron chi connectivity index (χ1n) is 21.8. The molecule has 4 N–H and O–H groups in total. The Balaban J connectivity index is 0.00000396. The van der Waals surface area contributed by atoms with Crippen LogP contribution in [0, 0.1) is 46.3 Å². The molecule has 6 aliphatic heterocycles. The lowest BCUT2D eigenvalue weighted by molar-refractivity contribution is -1.03. The highest BCUT2D eigenvalue weighted by Gasteiger charge is 2.83. The third-order valence-corrected chi connectivity index (χ3v) is 19.6. The first kappa shape index (κ1) is 38.6. The van der Waals surface area contributed by atoms with Gasteiger partial charge in [0.25, 0.3) is 0 Å². The molecule has 310 valence electrons. The van der Waals surface area contributed by atoms with Gasteiger partial charge in [-0.3, -0.25) is 4.48 Å². The first-order valence-corrected chi connectivity index (χ1v) is 21.8. The minimum atomic E-state index is -1.37. The number of esters is 2. The van der Waals surface area contributed by atoms with E-state index in [-0.39, 0.29) is 102 Å². The third-order valence-electron chi connectivity index (χ3n) is 19.6. The molecule has 11 aliphatic rings. The average molecular weight is 807 g/mol. The number of likely N-dealkylation sites (N-methyl/N-ethyl adjacent to an activating group) is 1. The van der Waals surface area contributed by atoms with E-state index in [1.165, 1.54) is 5.56 Å².